The summed E-state index contributed by atoms with van der Waals surface area (Å²) in [6.45, 7) is 0.584. The molecule has 0 aliphatic heterocycles. The Kier molecular flexibility index (Phi) is 2.28. The molecule has 0 bridgehead atoms. The summed E-state index contributed by atoms with van der Waals surface area (Å²) in [5.41, 5.74) is 6.43. The molecule has 0 saturated carbocycles. The van der Waals surface area contributed by atoms with Crippen LogP contribution < -0.4 is 11.2 Å². The zero-order chi connectivity index (χ0) is 9.97. The van der Waals surface area contributed by atoms with Crippen molar-refractivity contribution in [2.24, 2.45) is 0 Å². The van der Waals surface area contributed by atoms with Gasteiger partial charge in [-0.05, 0) is 11.5 Å². The Labute approximate surface area is 84.0 Å². The molecule has 5 nitrogen and oxygen atoms in total. The van der Waals surface area contributed by atoms with Crippen LogP contribution in [0.25, 0.3) is 0 Å². The van der Waals surface area contributed by atoms with Crippen LogP contribution in [0, 0.1) is 0 Å². The van der Waals surface area contributed by atoms with Crippen LogP contribution >= 0.6 is 11.5 Å². The van der Waals surface area contributed by atoms with E-state index in [0.717, 1.165) is 5.69 Å². The second-order valence-corrected chi connectivity index (χ2v) is 3.44. The van der Waals surface area contributed by atoms with Crippen LogP contribution in [0.5, 0.6) is 0 Å². The van der Waals surface area contributed by atoms with Gasteiger partial charge in [0.15, 0.2) is 0 Å². The molecular weight excluding hydrogens is 200 g/mol. The van der Waals surface area contributed by atoms with Crippen LogP contribution in [-0.4, -0.2) is 14.2 Å². The van der Waals surface area contributed by atoms with Gasteiger partial charge in [0.1, 0.15) is 0 Å². The van der Waals surface area contributed by atoms with E-state index in [-0.39, 0.29) is 11.1 Å². The van der Waals surface area contributed by atoms with Crippen molar-refractivity contribution < 1.29 is 0 Å². The molecule has 0 fully saturated rings. The molecule has 0 saturated heterocycles. The van der Waals surface area contributed by atoms with Crippen LogP contribution in [0.1, 0.15) is 5.69 Å². The Morgan fingerprint density at radius 3 is 3.07 bits per heavy atom. The summed E-state index contributed by atoms with van der Waals surface area (Å²) in [7, 11) is 0. The highest BCUT2D eigenvalue weighted by atomic mass is 32.1. The summed E-state index contributed by atoms with van der Waals surface area (Å²) >= 11 is 1.30. The lowest BCUT2D eigenvalue weighted by molar-refractivity contribution is 0.762. The third-order valence-corrected chi connectivity index (χ3v) is 2.31. The fourth-order valence-electron chi connectivity index (χ4n) is 1.08. The van der Waals surface area contributed by atoms with Crippen molar-refractivity contribution in [1.29, 1.82) is 0 Å². The maximum Gasteiger partial charge on any atom is 0.204 e. The van der Waals surface area contributed by atoms with E-state index in [4.69, 9.17) is 5.73 Å². The van der Waals surface area contributed by atoms with Gasteiger partial charge in [-0.15, -0.1) is 5.10 Å². The first-order valence-corrected chi connectivity index (χ1v) is 4.81. The summed E-state index contributed by atoms with van der Waals surface area (Å²) in [5.74, 6) is 0. The van der Waals surface area contributed by atoms with Crippen molar-refractivity contribution in [2.75, 3.05) is 5.73 Å². The minimum absolute atomic E-state index is 0.155. The van der Waals surface area contributed by atoms with E-state index in [2.05, 4.69) is 9.59 Å². The number of hydrogen-bond donors (Lipinski definition) is 1. The quantitative estimate of drug-likeness (QED) is 0.771. The van der Waals surface area contributed by atoms with Crippen LogP contribution in [0.2, 0.25) is 0 Å². The summed E-state index contributed by atoms with van der Waals surface area (Å²) in [5, 5.41) is 5.75. The number of nitrogens with two attached hydrogens (primary N) is 1. The number of rotatable bonds is 2. The molecule has 0 spiro atoms. The van der Waals surface area contributed by atoms with Gasteiger partial charge in [0.25, 0.3) is 0 Å². The first-order valence-electron chi connectivity index (χ1n) is 3.97. The lowest BCUT2D eigenvalue weighted by atomic mass is 10.4. The second kappa shape index (κ2) is 3.59. The molecule has 0 amide bonds. The fourth-order valence-corrected chi connectivity index (χ4v) is 1.53. The standard InChI is InChI=1S/C8H8N4OS/c9-7-4-12(2-1-8(7)13)3-6-5-14-11-10-6/h1-2,4-5H,3,9H2. The van der Waals surface area contributed by atoms with Gasteiger partial charge in [-0.25, -0.2) is 0 Å². The zero-order valence-electron chi connectivity index (χ0n) is 7.25. The average molecular weight is 208 g/mol. The fraction of sp³-hybridized carbons (Fsp3) is 0.125. The Balaban J connectivity index is 2.26. The van der Waals surface area contributed by atoms with E-state index in [1.54, 1.807) is 17.0 Å². The number of nitrogen functional groups attached to an aromatic ring is 1. The minimum atomic E-state index is -0.155. The molecule has 0 atom stereocenters. The van der Waals surface area contributed by atoms with Gasteiger partial charge in [-0.1, -0.05) is 4.49 Å². The Bertz CT molecular complexity index is 476. The zero-order valence-corrected chi connectivity index (χ0v) is 8.07. The molecule has 2 aromatic heterocycles. The van der Waals surface area contributed by atoms with E-state index in [0.29, 0.717) is 6.54 Å². The van der Waals surface area contributed by atoms with Gasteiger partial charge in [0, 0.05) is 23.8 Å². The monoisotopic (exact) mass is 208 g/mol. The SMILES string of the molecule is Nc1cn(Cc2csnn2)ccc1=O. The van der Waals surface area contributed by atoms with E-state index >= 15 is 0 Å². The van der Waals surface area contributed by atoms with Crippen molar-refractivity contribution in [3.63, 3.8) is 0 Å². The van der Waals surface area contributed by atoms with Gasteiger partial charge < -0.3 is 10.3 Å². The minimum Gasteiger partial charge on any atom is -0.394 e. The molecule has 2 N–H and O–H groups in total. The van der Waals surface area contributed by atoms with E-state index < -0.39 is 0 Å². The van der Waals surface area contributed by atoms with Crippen LogP contribution in [0.3, 0.4) is 0 Å². The van der Waals surface area contributed by atoms with Crippen LogP contribution in [0.4, 0.5) is 5.69 Å². The average Bonchev–Trinajstić information content (AvgIpc) is 2.64. The van der Waals surface area contributed by atoms with Gasteiger partial charge in [-0.3, -0.25) is 4.79 Å². The topological polar surface area (TPSA) is 73.8 Å². The molecule has 0 aliphatic rings. The first kappa shape index (κ1) is 8.89. The molecule has 72 valence electrons. The predicted molar refractivity (Wildman–Crippen MR) is 54.1 cm³/mol. The number of hydrogen-bond acceptors (Lipinski definition) is 5. The number of nitrogens with zero attached hydrogens (tertiary/aromatic N) is 3. The van der Waals surface area contributed by atoms with E-state index in [1.807, 2.05) is 5.38 Å². The second-order valence-electron chi connectivity index (χ2n) is 2.83. The van der Waals surface area contributed by atoms with Gasteiger partial charge in [-0.2, -0.15) is 0 Å². The molecule has 14 heavy (non-hydrogen) atoms. The molecule has 2 aromatic rings. The van der Waals surface area contributed by atoms with Gasteiger partial charge in [0.05, 0.1) is 17.9 Å². The van der Waals surface area contributed by atoms with Crippen molar-refractivity contribution >= 4 is 17.2 Å². The van der Waals surface area contributed by atoms with Crippen molar-refractivity contribution in [1.82, 2.24) is 14.2 Å². The molecule has 0 radical (unpaired) electrons. The summed E-state index contributed by atoms with van der Waals surface area (Å²) in [4.78, 5) is 11.0. The molecule has 2 heterocycles. The first-order chi connectivity index (χ1) is 6.75. The van der Waals surface area contributed by atoms with E-state index in [9.17, 15) is 4.79 Å². The molecule has 0 aliphatic carbocycles. The predicted octanol–water partition coefficient (Wildman–Crippen LogP) is 0.330. The number of pyridine rings is 1. The molecule has 0 aromatic carbocycles. The molecular formula is C8H8N4OS. The maximum atomic E-state index is 11.0. The highest BCUT2D eigenvalue weighted by Gasteiger charge is 1.98. The molecule has 0 unspecified atom stereocenters. The normalized spacial score (nSPS) is 10.3. The van der Waals surface area contributed by atoms with Gasteiger partial charge >= 0.3 is 0 Å². The lowest BCUT2D eigenvalue weighted by Crippen LogP contribution is -2.11. The largest absolute Gasteiger partial charge is 0.394 e. The van der Waals surface area contributed by atoms with E-state index in [1.165, 1.54) is 17.6 Å². The highest BCUT2D eigenvalue weighted by Crippen LogP contribution is 2.01. The smallest absolute Gasteiger partial charge is 0.204 e. The number of aromatic nitrogens is 3. The van der Waals surface area contributed by atoms with Gasteiger partial charge in [0.2, 0.25) is 5.43 Å². The number of anilines is 1. The third-order valence-electron chi connectivity index (χ3n) is 1.76. The summed E-state index contributed by atoms with van der Waals surface area (Å²) in [6.07, 6.45) is 3.28. The summed E-state index contributed by atoms with van der Waals surface area (Å²) < 4.78 is 5.54. The Morgan fingerprint density at radius 1 is 1.57 bits per heavy atom. The highest BCUT2D eigenvalue weighted by molar-refractivity contribution is 7.03. The molecule has 2 rings (SSSR count). The third kappa shape index (κ3) is 1.80. The molecule has 6 heteroatoms. The lowest BCUT2D eigenvalue weighted by Gasteiger charge is -2.03. The maximum absolute atomic E-state index is 11.0. The summed E-state index contributed by atoms with van der Waals surface area (Å²) in [6, 6.07) is 1.44. The van der Waals surface area contributed by atoms with Crippen LogP contribution in [-0.2, 0) is 6.54 Å². The Hall–Kier alpha value is -1.69. The van der Waals surface area contributed by atoms with Crippen LogP contribution in [0.15, 0.2) is 28.6 Å². The van der Waals surface area contributed by atoms with Crippen molar-refractivity contribution in [3.05, 3.63) is 39.8 Å². The van der Waals surface area contributed by atoms with Crippen molar-refractivity contribution in [3.8, 4) is 0 Å². The van der Waals surface area contributed by atoms with Crippen molar-refractivity contribution in [2.45, 2.75) is 6.54 Å². The Morgan fingerprint density at radius 2 is 2.43 bits per heavy atom.